The summed E-state index contributed by atoms with van der Waals surface area (Å²) in [5, 5.41) is 0. The van der Waals surface area contributed by atoms with Gasteiger partial charge < -0.3 is 15.4 Å². The average Bonchev–Trinajstić information content (AvgIpc) is 2.76. The van der Waals surface area contributed by atoms with Crippen molar-refractivity contribution in [3.63, 3.8) is 0 Å². The minimum Gasteiger partial charge on any atom is -0.493 e. The van der Waals surface area contributed by atoms with Gasteiger partial charge in [0.25, 0.3) is 0 Å². The standard InChI is InChI=1S/C19H29N3O3/c1-14-11-15(2)16(3)17(12-14)25-10-5-19(24)22-7-4-6-21(8-9-22)13-18(20)23/h11-12H,4-10,13H2,1-3H3,(H2,20,23). The molecule has 0 aromatic heterocycles. The molecule has 0 radical (unpaired) electrons. The fourth-order valence-electron chi connectivity index (χ4n) is 3.16. The van der Waals surface area contributed by atoms with Crippen LogP contribution in [0.4, 0.5) is 0 Å². The van der Waals surface area contributed by atoms with E-state index in [-0.39, 0.29) is 18.4 Å². The Morgan fingerprint density at radius 3 is 2.60 bits per heavy atom. The van der Waals surface area contributed by atoms with Gasteiger partial charge in [0.15, 0.2) is 0 Å². The van der Waals surface area contributed by atoms with Crippen LogP contribution in [-0.2, 0) is 9.59 Å². The fourth-order valence-corrected chi connectivity index (χ4v) is 3.16. The second kappa shape index (κ2) is 8.85. The molecule has 0 bridgehead atoms. The molecule has 0 aliphatic carbocycles. The lowest BCUT2D eigenvalue weighted by Crippen LogP contribution is -2.38. The number of rotatable bonds is 6. The summed E-state index contributed by atoms with van der Waals surface area (Å²) in [5.74, 6) is 0.633. The number of ether oxygens (including phenoxy) is 1. The van der Waals surface area contributed by atoms with E-state index < -0.39 is 0 Å². The van der Waals surface area contributed by atoms with E-state index >= 15 is 0 Å². The number of hydrogen-bond donors (Lipinski definition) is 1. The number of hydrogen-bond acceptors (Lipinski definition) is 4. The van der Waals surface area contributed by atoms with Crippen LogP contribution in [0.3, 0.4) is 0 Å². The molecule has 1 aliphatic rings. The summed E-state index contributed by atoms with van der Waals surface area (Å²) in [5.41, 5.74) is 8.72. The highest BCUT2D eigenvalue weighted by atomic mass is 16.5. The third kappa shape index (κ3) is 5.74. The number of carbonyl (C=O) groups excluding carboxylic acids is 2. The van der Waals surface area contributed by atoms with Crippen molar-refractivity contribution in [3.8, 4) is 5.75 Å². The quantitative estimate of drug-likeness (QED) is 0.844. The Morgan fingerprint density at radius 2 is 1.88 bits per heavy atom. The molecule has 0 spiro atoms. The van der Waals surface area contributed by atoms with Crippen molar-refractivity contribution in [2.75, 3.05) is 39.3 Å². The molecule has 138 valence electrons. The zero-order valence-electron chi connectivity index (χ0n) is 15.5. The molecule has 6 heteroatoms. The lowest BCUT2D eigenvalue weighted by atomic mass is 10.1. The Bertz CT molecular complexity index is 631. The smallest absolute Gasteiger partial charge is 0.231 e. The highest BCUT2D eigenvalue weighted by Gasteiger charge is 2.19. The van der Waals surface area contributed by atoms with Gasteiger partial charge in [-0.3, -0.25) is 14.5 Å². The zero-order valence-corrected chi connectivity index (χ0v) is 15.5. The van der Waals surface area contributed by atoms with E-state index in [0.29, 0.717) is 26.1 Å². The first-order valence-electron chi connectivity index (χ1n) is 8.86. The maximum Gasteiger partial charge on any atom is 0.231 e. The van der Waals surface area contributed by atoms with Gasteiger partial charge in [-0.1, -0.05) is 6.07 Å². The highest BCUT2D eigenvalue weighted by Crippen LogP contribution is 2.23. The third-order valence-corrected chi connectivity index (χ3v) is 4.66. The van der Waals surface area contributed by atoms with Crippen LogP contribution in [0.2, 0.25) is 0 Å². The molecule has 0 unspecified atom stereocenters. The first-order chi connectivity index (χ1) is 11.9. The van der Waals surface area contributed by atoms with Gasteiger partial charge in [0.1, 0.15) is 5.75 Å². The molecule has 0 saturated carbocycles. The largest absolute Gasteiger partial charge is 0.493 e. The predicted molar refractivity (Wildman–Crippen MR) is 97.6 cm³/mol. The topological polar surface area (TPSA) is 75.9 Å². The minimum atomic E-state index is -0.322. The van der Waals surface area contributed by atoms with Crippen molar-refractivity contribution in [1.29, 1.82) is 0 Å². The molecular weight excluding hydrogens is 318 g/mol. The van der Waals surface area contributed by atoms with Gasteiger partial charge in [-0.15, -0.1) is 0 Å². The van der Waals surface area contributed by atoms with Gasteiger partial charge in [-0.05, 0) is 49.9 Å². The number of nitrogens with zero attached hydrogens (tertiary/aromatic N) is 2. The fraction of sp³-hybridized carbons (Fsp3) is 0.579. The molecule has 0 atom stereocenters. The average molecular weight is 347 g/mol. The van der Waals surface area contributed by atoms with E-state index in [1.54, 1.807) is 0 Å². The van der Waals surface area contributed by atoms with Gasteiger partial charge in [0, 0.05) is 26.2 Å². The first kappa shape index (κ1) is 19.2. The number of primary amides is 1. The normalized spacial score (nSPS) is 15.7. The van der Waals surface area contributed by atoms with Crippen molar-refractivity contribution in [2.45, 2.75) is 33.6 Å². The van der Waals surface area contributed by atoms with Gasteiger partial charge in [0.2, 0.25) is 11.8 Å². The minimum absolute atomic E-state index is 0.1000. The molecule has 2 N–H and O–H groups in total. The number of nitrogens with two attached hydrogens (primary N) is 1. The maximum atomic E-state index is 12.4. The van der Waals surface area contributed by atoms with Crippen LogP contribution in [0.5, 0.6) is 5.75 Å². The molecule has 2 amide bonds. The van der Waals surface area contributed by atoms with Gasteiger partial charge >= 0.3 is 0 Å². The summed E-state index contributed by atoms with van der Waals surface area (Å²) >= 11 is 0. The van der Waals surface area contributed by atoms with Crippen molar-refractivity contribution in [1.82, 2.24) is 9.80 Å². The molecule has 1 fully saturated rings. The number of benzene rings is 1. The monoisotopic (exact) mass is 347 g/mol. The van der Waals surface area contributed by atoms with E-state index in [1.807, 2.05) is 29.7 Å². The van der Waals surface area contributed by atoms with E-state index in [0.717, 1.165) is 36.4 Å². The Balaban J connectivity index is 1.81. The van der Waals surface area contributed by atoms with Crippen molar-refractivity contribution in [3.05, 3.63) is 28.8 Å². The van der Waals surface area contributed by atoms with Gasteiger partial charge in [-0.25, -0.2) is 0 Å². The van der Waals surface area contributed by atoms with Crippen LogP contribution in [0.1, 0.15) is 29.5 Å². The molecule has 1 heterocycles. The third-order valence-electron chi connectivity index (χ3n) is 4.66. The first-order valence-corrected chi connectivity index (χ1v) is 8.86. The SMILES string of the molecule is Cc1cc(C)c(C)c(OCCC(=O)N2CCCN(CC(N)=O)CC2)c1. The van der Waals surface area contributed by atoms with E-state index in [9.17, 15) is 9.59 Å². The van der Waals surface area contributed by atoms with E-state index in [2.05, 4.69) is 13.0 Å². The van der Waals surface area contributed by atoms with Crippen molar-refractivity contribution >= 4 is 11.8 Å². The second-order valence-corrected chi connectivity index (χ2v) is 6.78. The van der Waals surface area contributed by atoms with Crippen LogP contribution < -0.4 is 10.5 Å². The van der Waals surface area contributed by atoms with Crippen molar-refractivity contribution in [2.24, 2.45) is 5.73 Å². The lowest BCUT2D eigenvalue weighted by Gasteiger charge is -2.21. The molecule has 6 nitrogen and oxygen atoms in total. The summed E-state index contributed by atoms with van der Waals surface area (Å²) in [6.45, 7) is 9.62. The Hall–Kier alpha value is -2.08. The Labute approximate surface area is 149 Å². The second-order valence-electron chi connectivity index (χ2n) is 6.78. The summed E-state index contributed by atoms with van der Waals surface area (Å²) in [6, 6.07) is 4.14. The van der Waals surface area contributed by atoms with Crippen LogP contribution in [0.25, 0.3) is 0 Å². The summed E-state index contributed by atoms with van der Waals surface area (Å²) < 4.78 is 5.85. The van der Waals surface area contributed by atoms with Crippen LogP contribution in [0, 0.1) is 20.8 Å². The van der Waals surface area contributed by atoms with Crippen LogP contribution >= 0.6 is 0 Å². The molecule has 1 saturated heterocycles. The maximum absolute atomic E-state index is 12.4. The van der Waals surface area contributed by atoms with Gasteiger partial charge in [-0.2, -0.15) is 0 Å². The number of aryl methyl sites for hydroxylation is 2. The molecule has 2 rings (SSSR count). The van der Waals surface area contributed by atoms with E-state index in [4.69, 9.17) is 10.5 Å². The molecule has 1 aromatic carbocycles. The van der Waals surface area contributed by atoms with Crippen LogP contribution in [0.15, 0.2) is 12.1 Å². The molecule has 25 heavy (non-hydrogen) atoms. The molecular formula is C19H29N3O3. The lowest BCUT2D eigenvalue weighted by molar-refractivity contribution is -0.131. The number of carbonyl (C=O) groups is 2. The highest BCUT2D eigenvalue weighted by molar-refractivity contribution is 5.77. The summed E-state index contributed by atoms with van der Waals surface area (Å²) in [7, 11) is 0. The predicted octanol–water partition coefficient (Wildman–Crippen LogP) is 1.40. The zero-order chi connectivity index (χ0) is 18.4. The van der Waals surface area contributed by atoms with Crippen LogP contribution in [-0.4, -0.2) is 60.9 Å². The van der Waals surface area contributed by atoms with Crippen molar-refractivity contribution < 1.29 is 14.3 Å². The van der Waals surface area contributed by atoms with E-state index in [1.165, 1.54) is 5.56 Å². The summed E-state index contributed by atoms with van der Waals surface area (Å²) in [4.78, 5) is 27.3. The Morgan fingerprint density at radius 1 is 1.12 bits per heavy atom. The number of amides is 2. The Kier molecular flexibility index (Phi) is 6.82. The molecule has 1 aliphatic heterocycles. The van der Waals surface area contributed by atoms with Gasteiger partial charge in [0.05, 0.1) is 19.6 Å². The molecule has 1 aromatic rings. The summed E-state index contributed by atoms with van der Waals surface area (Å²) in [6.07, 6.45) is 1.22.